The number of carbonyl (C=O) groups is 2. The number of ether oxygens (including phenoxy) is 2. The van der Waals surface area contributed by atoms with Crippen LogP contribution in [0.3, 0.4) is 0 Å². The van der Waals surface area contributed by atoms with E-state index in [9.17, 15) is 9.59 Å². The van der Waals surface area contributed by atoms with Crippen molar-refractivity contribution in [3.63, 3.8) is 0 Å². The van der Waals surface area contributed by atoms with Gasteiger partial charge < -0.3 is 14.8 Å². The Morgan fingerprint density at radius 1 is 1.20 bits per heavy atom. The Labute approximate surface area is 126 Å². The molecule has 0 saturated heterocycles. The summed E-state index contributed by atoms with van der Waals surface area (Å²) >= 11 is 3.31. The third-order valence-electron chi connectivity index (χ3n) is 2.47. The summed E-state index contributed by atoms with van der Waals surface area (Å²) in [6.45, 7) is 5.39. The minimum Gasteiger partial charge on any atom is -0.479 e. The van der Waals surface area contributed by atoms with Gasteiger partial charge in [0, 0.05) is 11.0 Å². The molecule has 0 heterocycles. The first-order valence-corrected chi connectivity index (χ1v) is 7.13. The Morgan fingerprint density at radius 3 is 2.35 bits per heavy atom. The van der Waals surface area contributed by atoms with E-state index in [4.69, 9.17) is 9.47 Å². The number of benzene rings is 1. The highest BCUT2D eigenvalue weighted by molar-refractivity contribution is 9.10. The molecule has 0 aliphatic carbocycles. The van der Waals surface area contributed by atoms with E-state index in [1.807, 2.05) is 12.1 Å². The van der Waals surface area contributed by atoms with Crippen LogP contribution in [-0.4, -0.2) is 30.6 Å². The molecular formula is C14H18BrNO4. The minimum atomic E-state index is -0.835. The zero-order valence-corrected chi connectivity index (χ0v) is 13.3. The summed E-state index contributed by atoms with van der Waals surface area (Å²) in [5.41, 5.74) is 0. The first-order chi connectivity index (χ1) is 9.43. The number of likely N-dealkylation sites (N-methyl/N-ethyl adjacent to an activating group) is 1. The molecule has 0 aromatic heterocycles. The van der Waals surface area contributed by atoms with Crippen molar-refractivity contribution in [1.82, 2.24) is 5.32 Å². The molecule has 0 radical (unpaired) electrons. The fourth-order valence-corrected chi connectivity index (χ4v) is 1.67. The average Bonchev–Trinajstić information content (AvgIpc) is 2.41. The van der Waals surface area contributed by atoms with Crippen LogP contribution in [0.2, 0.25) is 0 Å². The molecule has 1 amide bonds. The molecule has 1 aromatic rings. The monoisotopic (exact) mass is 343 g/mol. The molecule has 0 aliphatic rings. The molecule has 1 N–H and O–H groups in total. The summed E-state index contributed by atoms with van der Waals surface area (Å²) in [6.07, 6.45) is -1.62. The summed E-state index contributed by atoms with van der Waals surface area (Å²) in [5.74, 6) is -0.341. The lowest BCUT2D eigenvalue weighted by Crippen LogP contribution is -2.38. The highest BCUT2D eigenvalue weighted by Gasteiger charge is 2.22. The predicted octanol–water partition coefficient (Wildman–Crippen LogP) is 2.28. The fraction of sp³-hybridized carbons (Fsp3) is 0.429. The van der Waals surface area contributed by atoms with Gasteiger partial charge in [0.25, 0.3) is 5.91 Å². The lowest BCUT2D eigenvalue weighted by atomic mass is 10.3. The third-order valence-corrected chi connectivity index (χ3v) is 3.00. The fourth-order valence-electron chi connectivity index (χ4n) is 1.41. The van der Waals surface area contributed by atoms with Gasteiger partial charge in [0.15, 0.2) is 12.2 Å². The van der Waals surface area contributed by atoms with Gasteiger partial charge in [-0.05, 0) is 45.0 Å². The number of halogens is 1. The molecular weight excluding hydrogens is 326 g/mol. The molecule has 0 fully saturated rings. The van der Waals surface area contributed by atoms with Gasteiger partial charge in [0.2, 0.25) is 0 Å². The molecule has 1 aromatic carbocycles. The Hall–Kier alpha value is -1.56. The van der Waals surface area contributed by atoms with Gasteiger partial charge in [-0.25, -0.2) is 4.79 Å². The van der Waals surface area contributed by atoms with Crippen LogP contribution in [0.5, 0.6) is 5.75 Å². The van der Waals surface area contributed by atoms with Crippen LogP contribution in [0.25, 0.3) is 0 Å². The SMILES string of the molecule is CCNC(=O)[C@H](C)OC(=O)[C@H](C)Oc1ccc(Br)cc1. The van der Waals surface area contributed by atoms with Crippen molar-refractivity contribution in [3.8, 4) is 5.75 Å². The van der Waals surface area contributed by atoms with E-state index in [0.29, 0.717) is 12.3 Å². The van der Waals surface area contributed by atoms with Gasteiger partial charge in [-0.1, -0.05) is 15.9 Å². The summed E-state index contributed by atoms with van der Waals surface area (Å²) in [7, 11) is 0. The first-order valence-electron chi connectivity index (χ1n) is 6.34. The van der Waals surface area contributed by atoms with Crippen LogP contribution >= 0.6 is 15.9 Å². The van der Waals surface area contributed by atoms with Crippen LogP contribution in [-0.2, 0) is 14.3 Å². The third kappa shape index (κ3) is 5.21. The summed E-state index contributed by atoms with van der Waals surface area (Å²) < 4.78 is 11.4. The maximum atomic E-state index is 11.8. The van der Waals surface area contributed by atoms with Gasteiger partial charge in [-0.15, -0.1) is 0 Å². The standard InChI is InChI=1S/C14H18BrNO4/c1-4-16-13(17)9(2)20-14(18)10(3)19-12-7-5-11(15)6-8-12/h5-10H,4H2,1-3H3,(H,16,17)/t9-,10-/m0/s1. The van der Waals surface area contributed by atoms with Gasteiger partial charge in [0.1, 0.15) is 5.75 Å². The molecule has 0 unspecified atom stereocenters. The van der Waals surface area contributed by atoms with Gasteiger partial charge in [-0.2, -0.15) is 0 Å². The van der Waals surface area contributed by atoms with E-state index in [2.05, 4.69) is 21.2 Å². The number of rotatable bonds is 6. The van der Waals surface area contributed by atoms with Crippen LogP contribution in [0, 0.1) is 0 Å². The van der Waals surface area contributed by atoms with E-state index in [-0.39, 0.29) is 5.91 Å². The Morgan fingerprint density at radius 2 is 1.80 bits per heavy atom. The van der Waals surface area contributed by atoms with E-state index >= 15 is 0 Å². The quantitative estimate of drug-likeness (QED) is 0.805. The highest BCUT2D eigenvalue weighted by Crippen LogP contribution is 2.17. The number of hydrogen-bond donors (Lipinski definition) is 1. The highest BCUT2D eigenvalue weighted by atomic mass is 79.9. The van der Waals surface area contributed by atoms with E-state index in [1.54, 1.807) is 26.0 Å². The Balaban J connectivity index is 2.50. The second-order valence-electron chi connectivity index (χ2n) is 4.19. The lowest BCUT2D eigenvalue weighted by Gasteiger charge is -2.17. The van der Waals surface area contributed by atoms with Crippen molar-refractivity contribution in [3.05, 3.63) is 28.7 Å². The zero-order chi connectivity index (χ0) is 15.1. The Kier molecular flexibility index (Phi) is 6.51. The smallest absolute Gasteiger partial charge is 0.347 e. The van der Waals surface area contributed by atoms with Crippen molar-refractivity contribution in [2.75, 3.05) is 6.54 Å². The van der Waals surface area contributed by atoms with Crippen molar-refractivity contribution >= 4 is 27.8 Å². The number of amides is 1. The van der Waals surface area contributed by atoms with Crippen LogP contribution in [0.15, 0.2) is 28.7 Å². The normalized spacial score (nSPS) is 13.2. The first kappa shape index (κ1) is 16.5. The molecule has 0 saturated carbocycles. The zero-order valence-electron chi connectivity index (χ0n) is 11.7. The van der Waals surface area contributed by atoms with Gasteiger partial charge in [-0.3, -0.25) is 4.79 Å². The topological polar surface area (TPSA) is 64.6 Å². The molecule has 5 nitrogen and oxygen atoms in total. The summed E-state index contributed by atoms with van der Waals surface area (Å²) in [5, 5.41) is 2.58. The molecule has 20 heavy (non-hydrogen) atoms. The molecule has 2 atom stereocenters. The molecule has 1 rings (SSSR count). The molecule has 110 valence electrons. The molecule has 6 heteroatoms. The molecule has 0 bridgehead atoms. The average molecular weight is 344 g/mol. The number of esters is 1. The number of hydrogen-bond acceptors (Lipinski definition) is 4. The second-order valence-corrected chi connectivity index (χ2v) is 5.10. The van der Waals surface area contributed by atoms with E-state index in [1.165, 1.54) is 6.92 Å². The maximum absolute atomic E-state index is 11.8. The van der Waals surface area contributed by atoms with Gasteiger partial charge >= 0.3 is 5.97 Å². The van der Waals surface area contributed by atoms with Crippen molar-refractivity contribution in [1.29, 1.82) is 0 Å². The van der Waals surface area contributed by atoms with Crippen LogP contribution in [0.1, 0.15) is 20.8 Å². The van der Waals surface area contributed by atoms with Crippen molar-refractivity contribution < 1.29 is 19.1 Å². The van der Waals surface area contributed by atoms with Gasteiger partial charge in [0.05, 0.1) is 0 Å². The number of nitrogens with one attached hydrogen (secondary N) is 1. The molecule has 0 aliphatic heterocycles. The van der Waals surface area contributed by atoms with E-state index in [0.717, 1.165) is 4.47 Å². The summed E-state index contributed by atoms with van der Waals surface area (Å²) in [6, 6.07) is 7.09. The summed E-state index contributed by atoms with van der Waals surface area (Å²) in [4.78, 5) is 23.3. The maximum Gasteiger partial charge on any atom is 0.347 e. The second kappa shape index (κ2) is 7.89. The van der Waals surface area contributed by atoms with Crippen molar-refractivity contribution in [2.24, 2.45) is 0 Å². The van der Waals surface area contributed by atoms with E-state index < -0.39 is 18.2 Å². The van der Waals surface area contributed by atoms with Crippen LogP contribution in [0.4, 0.5) is 0 Å². The largest absolute Gasteiger partial charge is 0.479 e. The number of carbonyl (C=O) groups excluding carboxylic acids is 2. The van der Waals surface area contributed by atoms with Crippen LogP contribution < -0.4 is 10.1 Å². The minimum absolute atomic E-state index is 0.323. The van der Waals surface area contributed by atoms with Crippen molar-refractivity contribution in [2.45, 2.75) is 33.0 Å². The molecule has 0 spiro atoms. The Bertz CT molecular complexity index is 461. The predicted molar refractivity (Wildman–Crippen MR) is 78.5 cm³/mol. The lowest BCUT2D eigenvalue weighted by molar-refractivity contribution is -0.160.